The largest absolute Gasteiger partial charge is 0.354 e. The number of piperazine rings is 1. The van der Waals surface area contributed by atoms with Gasteiger partial charge in [-0.15, -0.1) is 0 Å². The van der Waals surface area contributed by atoms with Gasteiger partial charge in [0.25, 0.3) is 0 Å². The highest BCUT2D eigenvalue weighted by Gasteiger charge is 2.25. The van der Waals surface area contributed by atoms with Crippen molar-refractivity contribution >= 4 is 5.82 Å². The highest BCUT2D eigenvalue weighted by Crippen LogP contribution is 2.31. The first-order valence-corrected chi connectivity index (χ1v) is 9.76. The van der Waals surface area contributed by atoms with Gasteiger partial charge in [-0.1, -0.05) is 42.0 Å². The van der Waals surface area contributed by atoms with E-state index in [1.54, 1.807) is 0 Å². The van der Waals surface area contributed by atoms with E-state index in [-0.39, 0.29) is 0 Å². The molecule has 4 heteroatoms. The Morgan fingerprint density at radius 2 is 1.77 bits per heavy atom. The summed E-state index contributed by atoms with van der Waals surface area (Å²) in [6.07, 6.45) is 5.74. The number of allylic oxidation sites excluding steroid dienone is 1. The SMILES string of the molecule is CC(C)=CCN1CCN(c2nc(-c3ccccc3)nc3c2CCC3)CC1. The van der Waals surface area contributed by atoms with E-state index in [9.17, 15) is 0 Å². The molecule has 1 aromatic heterocycles. The molecule has 0 radical (unpaired) electrons. The third-order valence-corrected chi connectivity index (χ3v) is 5.37. The average Bonchev–Trinajstić information content (AvgIpc) is 3.15. The lowest BCUT2D eigenvalue weighted by molar-refractivity contribution is 0.282. The molecule has 0 N–H and O–H groups in total. The number of fused-ring (bicyclic) bond motifs is 1. The van der Waals surface area contributed by atoms with Crippen molar-refractivity contribution in [2.75, 3.05) is 37.6 Å². The summed E-state index contributed by atoms with van der Waals surface area (Å²) in [6, 6.07) is 10.4. The van der Waals surface area contributed by atoms with E-state index >= 15 is 0 Å². The molecular formula is C22H28N4. The number of benzene rings is 1. The lowest BCUT2D eigenvalue weighted by Gasteiger charge is -2.36. The van der Waals surface area contributed by atoms with E-state index in [0.717, 1.165) is 57.0 Å². The van der Waals surface area contributed by atoms with Crippen LogP contribution in [0.25, 0.3) is 11.4 Å². The molecule has 4 nitrogen and oxygen atoms in total. The third kappa shape index (κ3) is 3.65. The fourth-order valence-corrected chi connectivity index (χ4v) is 3.84. The Hall–Kier alpha value is -2.20. The van der Waals surface area contributed by atoms with Crippen LogP contribution in [0, 0.1) is 0 Å². The first-order chi connectivity index (χ1) is 12.7. The van der Waals surface area contributed by atoms with Crippen molar-refractivity contribution < 1.29 is 0 Å². The minimum Gasteiger partial charge on any atom is -0.354 e. The predicted molar refractivity (Wildman–Crippen MR) is 108 cm³/mol. The molecule has 2 heterocycles. The molecule has 1 aromatic carbocycles. The van der Waals surface area contributed by atoms with Crippen LogP contribution in [0.5, 0.6) is 0 Å². The molecule has 0 bridgehead atoms. The molecular weight excluding hydrogens is 320 g/mol. The number of hydrogen-bond donors (Lipinski definition) is 0. The first-order valence-electron chi connectivity index (χ1n) is 9.76. The molecule has 0 amide bonds. The van der Waals surface area contributed by atoms with Gasteiger partial charge in [0.2, 0.25) is 0 Å². The smallest absolute Gasteiger partial charge is 0.161 e. The average molecular weight is 348 g/mol. The van der Waals surface area contributed by atoms with Crippen molar-refractivity contribution in [3.8, 4) is 11.4 Å². The van der Waals surface area contributed by atoms with E-state index in [1.165, 1.54) is 29.1 Å². The summed E-state index contributed by atoms with van der Waals surface area (Å²) in [7, 11) is 0. The number of aryl methyl sites for hydroxylation is 1. The summed E-state index contributed by atoms with van der Waals surface area (Å²) < 4.78 is 0. The van der Waals surface area contributed by atoms with Gasteiger partial charge < -0.3 is 4.90 Å². The van der Waals surface area contributed by atoms with Crippen LogP contribution >= 0.6 is 0 Å². The van der Waals surface area contributed by atoms with Gasteiger partial charge in [0.05, 0.1) is 0 Å². The van der Waals surface area contributed by atoms with Crippen LogP contribution in [0.2, 0.25) is 0 Å². The maximum Gasteiger partial charge on any atom is 0.161 e. The van der Waals surface area contributed by atoms with Gasteiger partial charge in [-0.05, 0) is 33.1 Å². The Labute approximate surface area is 156 Å². The quantitative estimate of drug-likeness (QED) is 0.788. The second-order valence-corrected chi connectivity index (χ2v) is 7.58. The summed E-state index contributed by atoms with van der Waals surface area (Å²) in [4.78, 5) is 14.9. The van der Waals surface area contributed by atoms with E-state index in [2.05, 4.69) is 54.0 Å². The molecule has 0 spiro atoms. The summed E-state index contributed by atoms with van der Waals surface area (Å²) in [5, 5.41) is 0. The molecule has 1 fully saturated rings. The van der Waals surface area contributed by atoms with Gasteiger partial charge in [0.15, 0.2) is 5.82 Å². The van der Waals surface area contributed by atoms with Crippen LogP contribution in [0.4, 0.5) is 5.82 Å². The van der Waals surface area contributed by atoms with Crippen molar-refractivity contribution in [2.24, 2.45) is 0 Å². The van der Waals surface area contributed by atoms with Crippen LogP contribution in [0.1, 0.15) is 31.5 Å². The minimum absolute atomic E-state index is 0.883. The second-order valence-electron chi connectivity index (χ2n) is 7.58. The summed E-state index contributed by atoms with van der Waals surface area (Å²) in [5.41, 5.74) is 5.17. The lowest BCUT2D eigenvalue weighted by Crippen LogP contribution is -2.47. The van der Waals surface area contributed by atoms with Crippen LogP contribution in [-0.2, 0) is 12.8 Å². The summed E-state index contributed by atoms with van der Waals surface area (Å²) in [5.74, 6) is 2.07. The monoisotopic (exact) mass is 348 g/mol. The summed E-state index contributed by atoms with van der Waals surface area (Å²) >= 11 is 0. The zero-order valence-electron chi connectivity index (χ0n) is 15.9. The zero-order valence-corrected chi connectivity index (χ0v) is 15.9. The second kappa shape index (κ2) is 7.58. The van der Waals surface area contributed by atoms with E-state index in [0.29, 0.717) is 0 Å². The number of anilines is 1. The van der Waals surface area contributed by atoms with Crippen molar-refractivity contribution in [1.82, 2.24) is 14.9 Å². The van der Waals surface area contributed by atoms with Crippen LogP contribution in [0.15, 0.2) is 42.0 Å². The van der Waals surface area contributed by atoms with Gasteiger partial charge in [0.1, 0.15) is 5.82 Å². The van der Waals surface area contributed by atoms with Crippen LogP contribution in [0.3, 0.4) is 0 Å². The van der Waals surface area contributed by atoms with Crippen LogP contribution in [-0.4, -0.2) is 47.6 Å². The van der Waals surface area contributed by atoms with Crippen molar-refractivity contribution in [3.05, 3.63) is 53.2 Å². The first kappa shape index (κ1) is 17.2. The van der Waals surface area contributed by atoms with E-state index in [1.807, 2.05) is 6.07 Å². The normalized spacial score (nSPS) is 17.2. The molecule has 4 rings (SSSR count). The fraction of sp³-hybridized carbons (Fsp3) is 0.455. The summed E-state index contributed by atoms with van der Waals surface area (Å²) in [6.45, 7) is 9.71. The molecule has 26 heavy (non-hydrogen) atoms. The molecule has 0 saturated carbocycles. The topological polar surface area (TPSA) is 32.3 Å². The molecule has 1 saturated heterocycles. The predicted octanol–water partition coefficient (Wildman–Crippen LogP) is 3.72. The molecule has 2 aromatic rings. The van der Waals surface area contributed by atoms with E-state index in [4.69, 9.17) is 9.97 Å². The third-order valence-electron chi connectivity index (χ3n) is 5.37. The van der Waals surface area contributed by atoms with Gasteiger partial charge in [-0.25, -0.2) is 9.97 Å². The number of aromatic nitrogens is 2. The van der Waals surface area contributed by atoms with Gasteiger partial charge in [-0.3, -0.25) is 4.90 Å². The molecule has 1 aliphatic carbocycles. The molecule has 0 atom stereocenters. The van der Waals surface area contributed by atoms with Gasteiger partial charge in [-0.2, -0.15) is 0 Å². The van der Waals surface area contributed by atoms with Gasteiger partial charge in [0, 0.05) is 49.5 Å². The standard InChI is InChI=1S/C22H28N4/c1-17(2)11-12-25-13-15-26(16-14-25)22-19-9-6-10-20(19)23-21(24-22)18-7-4-3-5-8-18/h3-5,7-8,11H,6,9-10,12-16H2,1-2H3. The number of hydrogen-bond acceptors (Lipinski definition) is 4. The number of nitrogens with zero attached hydrogens (tertiary/aromatic N) is 4. The molecule has 136 valence electrons. The van der Waals surface area contributed by atoms with Crippen molar-refractivity contribution in [3.63, 3.8) is 0 Å². The Balaban J connectivity index is 1.57. The minimum atomic E-state index is 0.883. The lowest BCUT2D eigenvalue weighted by atomic mass is 10.1. The van der Waals surface area contributed by atoms with Gasteiger partial charge >= 0.3 is 0 Å². The van der Waals surface area contributed by atoms with Crippen molar-refractivity contribution in [1.29, 1.82) is 0 Å². The highest BCUT2D eigenvalue weighted by molar-refractivity contribution is 5.61. The zero-order chi connectivity index (χ0) is 17.9. The molecule has 0 unspecified atom stereocenters. The molecule has 2 aliphatic rings. The maximum absolute atomic E-state index is 5.02. The highest BCUT2D eigenvalue weighted by atomic mass is 15.3. The Morgan fingerprint density at radius 3 is 2.50 bits per heavy atom. The Morgan fingerprint density at radius 1 is 1.00 bits per heavy atom. The molecule has 1 aliphatic heterocycles. The Bertz CT molecular complexity index is 785. The van der Waals surface area contributed by atoms with E-state index < -0.39 is 0 Å². The van der Waals surface area contributed by atoms with Crippen molar-refractivity contribution in [2.45, 2.75) is 33.1 Å². The Kier molecular flexibility index (Phi) is 5.02. The van der Waals surface area contributed by atoms with Crippen LogP contribution < -0.4 is 4.90 Å². The number of rotatable bonds is 4. The maximum atomic E-state index is 5.02. The fourth-order valence-electron chi connectivity index (χ4n) is 3.84.